The molecule has 2 rings (SSSR count). The second-order valence-corrected chi connectivity index (χ2v) is 6.15. The smallest absolute Gasteiger partial charge is 0.271 e. The van der Waals surface area contributed by atoms with E-state index in [0.29, 0.717) is 38.6 Å². The molecule has 1 amide bonds. The van der Waals surface area contributed by atoms with Gasteiger partial charge in [0, 0.05) is 5.56 Å². The van der Waals surface area contributed by atoms with Crippen LogP contribution in [0.3, 0.4) is 0 Å². The average molecular weight is 447 g/mol. The predicted molar refractivity (Wildman–Crippen MR) is 110 cm³/mol. The maximum atomic E-state index is 12.3. The highest BCUT2D eigenvalue weighted by molar-refractivity contribution is 9.10. The van der Waals surface area contributed by atoms with Crippen molar-refractivity contribution in [2.75, 3.05) is 27.9 Å². The number of carbonyl (C=O) groups is 1. The van der Waals surface area contributed by atoms with Gasteiger partial charge in [-0.1, -0.05) is 5.92 Å². The number of rotatable bonds is 8. The number of methoxy groups -OCH3 is 3. The summed E-state index contributed by atoms with van der Waals surface area (Å²) in [6, 6.07) is 8.31. The summed E-state index contributed by atoms with van der Waals surface area (Å²) in [6.07, 6.45) is 6.70. The minimum atomic E-state index is -0.391. The van der Waals surface area contributed by atoms with E-state index in [1.54, 1.807) is 30.3 Å². The van der Waals surface area contributed by atoms with E-state index >= 15 is 0 Å². The van der Waals surface area contributed by atoms with Crippen molar-refractivity contribution in [2.45, 2.75) is 0 Å². The van der Waals surface area contributed by atoms with Crippen LogP contribution in [-0.2, 0) is 0 Å². The molecule has 0 aromatic heterocycles. The Kier molecular flexibility index (Phi) is 7.72. The number of nitrogens with zero attached hydrogens (tertiary/aromatic N) is 1. The van der Waals surface area contributed by atoms with Gasteiger partial charge >= 0.3 is 0 Å². The summed E-state index contributed by atoms with van der Waals surface area (Å²) in [6.45, 7) is 0.115. The highest BCUT2D eigenvalue weighted by atomic mass is 79.9. The summed E-state index contributed by atoms with van der Waals surface area (Å²) in [4.78, 5) is 12.3. The van der Waals surface area contributed by atoms with Crippen LogP contribution in [0.1, 0.15) is 15.9 Å². The van der Waals surface area contributed by atoms with Crippen molar-refractivity contribution in [3.63, 3.8) is 0 Å². The third-order valence-electron chi connectivity index (χ3n) is 3.58. The van der Waals surface area contributed by atoms with E-state index in [1.807, 2.05) is 0 Å². The molecule has 0 spiro atoms. The zero-order chi connectivity index (χ0) is 20.5. The van der Waals surface area contributed by atoms with Crippen LogP contribution in [0.2, 0.25) is 0 Å². The zero-order valence-electron chi connectivity index (χ0n) is 15.6. The van der Waals surface area contributed by atoms with Crippen molar-refractivity contribution in [3.8, 4) is 35.3 Å². The number of benzene rings is 2. The van der Waals surface area contributed by atoms with Crippen LogP contribution in [0.4, 0.5) is 0 Å². The molecule has 28 heavy (non-hydrogen) atoms. The van der Waals surface area contributed by atoms with Gasteiger partial charge in [0.25, 0.3) is 5.91 Å². The second-order valence-electron chi connectivity index (χ2n) is 5.30. The molecule has 0 aliphatic rings. The van der Waals surface area contributed by atoms with Gasteiger partial charge in [-0.2, -0.15) is 5.10 Å². The fraction of sp³-hybridized carbons (Fsp3) is 0.200. The number of hydrogen-bond acceptors (Lipinski definition) is 6. The van der Waals surface area contributed by atoms with Gasteiger partial charge in [0.15, 0.2) is 23.0 Å². The number of terminal acetylenes is 1. The topological polar surface area (TPSA) is 78.4 Å². The van der Waals surface area contributed by atoms with Gasteiger partial charge in [-0.25, -0.2) is 5.43 Å². The summed E-state index contributed by atoms with van der Waals surface area (Å²) in [5, 5.41) is 3.98. The highest BCUT2D eigenvalue weighted by Crippen LogP contribution is 2.36. The van der Waals surface area contributed by atoms with E-state index in [4.69, 9.17) is 25.4 Å². The van der Waals surface area contributed by atoms with E-state index in [1.165, 1.54) is 27.5 Å². The predicted octanol–water partition coefficient (Wildman–Crippen LogP) is 3.25. The number of amides is 1. The third-order valence-corrected chi connectivity index (χ3v) is 4.17. The first-order chi connectivity index (χ1) is 13.5. The van der Waals surface area contributed by atoms with Crippen molar-refractivity contribution in [3.05, 3.63) is 45.9 Å². The lowest BCUT2D eigenvalue weighted by molar-refractivity contribution is 0.0954. The van der Waals surface area contributed by atoms with Crippen molar-refractivity contribution < 1.29 is 23.7 Å². The molecule has 0 bridgehead atoms. The maximum absolute atomic E-state index is 12.3. The highest BCUT2D eigenvalue weighted by Gasteiger charge is 2.12. The van der Waals surface area contributed by atoms with Gasteiger partial charge in [0.05, 0.1) is 32.0 Å². The van der Waals surface area contributed by atoms with Crippen LogP contribution in [0.15, 0.2) is 39.9 Å². The Morgan fingerprint density at radius 1 is 1.14 bits per heavy atom. The molecule has 0 fully saturated rings. The molecule has 0 radical (unpaired) electrons. The van der Waals surface area contributed by atoms with E-state index < -0.39 is 5.91 Å². The first-order valence-corrected chi connectivity index (χ1v) is 8.82. The molecule has 0 heterocycles. The van der Waals surface area contributed by atoms with Gasteiger partial charge in [-0.15, -0.1) is 6.42 Å². The van der Waals surface area contributed by atoms with Gasteiger partial charge in [-0.3, -0.25) is 4.79 Å². The first kappa shape index (κ1) is 21.1. The summed E-state index contributed by atoms with van der Waals surface area (Å²) in [5.74, 6) is 3.97. The summed E-state index contributed by atoms with van der Waals surface area (Å²) in [7, 11) is 4.54. The Morgan fingerprint density at radius 3 is 2.50 bits per heavy atom. The number of halogens is 1. The Bertz CT molecular complexity index is 922. The van der Waals surface area contributed by atoms with Crippen molar-refractivity contribution >= 4 is 28.1 Å². The molecule has 2 aromatic rings. The van der Waals surface area contributed by atoms with Crippen LogP contribution in [0, 0.1) is 12.3 Å². The van der Waals surface area contributed by atoms with E-state index in [9.17, 15) is 4.79 Å². The number of hydrogen-bond donors (Lipinski definition) is 1. The second kappa shape index (κ2) is 10.2. The summed E-state index contributed by atoms with van der Waals surface area (Å²) >= 11 is 3.41. The van der Waals surface area contributed by atoms with Crippen LogP contribution in [0.5, 0.6) is 23.0 Å². The Labute approximate surface area is 171 Å². The maximum Gasteiger partial charge on any atom is 0.271 e. The summed E-state index contributed by atoms with van der Waals surface area (Å²) in [5.41, 5.74) is 3.53. The van der Waals surface area contributed by atoms with E-state index in [0.717, 1.165) is 0 Å². The minimum absolute atomic E-state index is 0.115. The molecular formula is C20H19BrN2O5. The molecule has 0 atom stereocenters. The molecule has 146 valence electrons. The first-order valence-electron chi connectivity index (χ1n) is 8.03. The van der Waals surface area contributed by atoms with Crippen molar-refractivity contribution in [1.82, 2.24) is 5.43 Å². The fourth-order valence-electron chi connectivity index (χ4n) is 2.28. The van der Waals surface area contributed by atoms with Crippen LogP contribution >= 0.6 is 15.9 Å². The number of hydrazone groups is 1. The fourth-order valence-corrected chi connectivity index (χ4v) is 2.85. The SMILES string of the molecule is C#CCOc1c(Br)cc(/C=N/NC(=O)c2ccc(OC)c(OC)c2)cc1OC. The molecule has 7 nitrogen and oxygen atoms in total. The normalized spacial score (nSPS) is 10.2. The number of ether oxygens (including phenoxy) is 4. The quantitative estimate of drug-likeness (QED) is 0.382. The van der Waals surface area contributed by atoms with Gasteiger partial charge in [0.2, 0.25) is 0 Å². The van der Waals surface area contributed by atoms with E-state index in [2.05, 4.69) is 32.4 Å². The van der Waals surface area contributed by atoms with Crippen molar-refractivity contribution in [1.29, 1.82) is 0 Å². The largest absolute Gasteiger partial charge is 0.493 e. The molecule has 0 unspecified atom stereocenters. The molecule has 8 heteroatoms. The molecule has 2 aromatic carbocycles. The van der Waals surface area contributed by atoms with E-state index in [-0.39, 0.29) is 6.61 Å². The minimum Gasteiger partial charge on any atom is -0.493 e. The third kappa shape index (κ3) is 5.18. The number of nitrogens with one attached hydrogen (secondary N) is 1. The average Bonchev–Trinajstić information content (AvgIpc) is 2.71. The number of carbonyl (C=O) groups excluding carboxylic acids is 1. The van der Waals surface area contributed by atoms with Crippen LogP contribution in [0.25, 0.3) is 0 Å². The Hall–Kier alpha value is -3.18. The standard InChI is InChI=1S/C20H19BrN2O5/c1-5-8-28-19-15(21)9-13(10-18(19)27-4)12-22-23-20(24)14-6-7-16(25-2)17(11-14)26-3/h1,6-7,9-12H,8H2,2-4H3,(H,23,24)/b22-12+. The summed E-state index contributed by atoms with van der Waals surface area (Å²) < 4.78 is 21.8. The van der Waals surface area contributed by atoms with Crippen LogP contribution < -0.4 is 24.4 Å². The zero-order valence-corrected chi connectivity index (χ0v) is 17.2. The van der Waals surface area contributed by atoms with Gasteiger partial charge in [0.1, 0.15) is 6.61 Å². The molecule has 0 aliphatic heterocycles. The van der Waals surface area contributed by atoms with Crippen LogP contribution in [-0.4, -0.2) is 40.1 Å². The van der Waals surface area contributed by atoms with Gasteiger partial charge < -0.3 is 18.9 Å². The van der Waals surface area contributed by atoms with Gasteiger partial charge in [-0.05, 0) is 51.8 Å². The Balaban J connectivity index is 2.13. The molecular weight excluding hydrogens is 428 g/mol. The Morgan fingerprint density at radius 2 is 1.86 bits per heavy atom. The molecule has 1 N–H and O–H groups in total. The molecule has 0 saturated heterocycles. The van der Waals surface area contributed by atoms with Crippen molar-refractivity contribution in [2.24, 2.45) is 5.10 Å². The lowest BCUT2D eigenvalue weighted by Gasteiger charge is -2.11. The lowest BCUT2D eigenvalue weighted by atomic mass is 10.2. The molecule has 0 saturated carbocycles. The molecule has 0 aliphatic carbocycles. The monoisotopic (exact) mass is 446 g/mol. The lowest BCUT2D eigenvalue weighted by Crippen LogP contribution is -2.17.